The van der Waals surface area contributed by atoms with Crippen LogP contribution in [0.3, 0.4) is 0 Å². The second-order valence-corrected chi connectivity index (χ2v) is 4.72. The second kappa shape index (κ2) is 3.32. The number of fused-ring (bicyclic) bond motifs is 1. The van der Waals surface area contributed by atoms with Gasteiger partial charge >= 0.3 is 5.69 Å². The number of nitrogens with zero attached hydrogens (tertiary/aromatic N) is 4. The lowest BCUT2D eigenvalue weighted by atomic mass is 10.4. The van der Waals surface area contributed by atoms with E-state index in [1.165, 1.54) is 24.5 Å². The Kier molecular flexibility index (Phi) is 2.01. The van der Waals surface area contributed by atoms with Gasteiger partial charge in [-0.3, -0.25) is 13.9 Å². The molecule has 0 aromatic carbocycles. The number of rotatable bonds is 2. The van der Waals surface area contributed by atoms with Crippen molar-refractivity contribution in [2.45, 2.75) is 19.4 Å². The molecule has 17 heavy (non-hydrogen) atoms. The Morgan fingerprint density at radius 1 is 1.29 bits per heavy atom. The maximum Gasteiger partial charge on any atom is 0.332 e. The molecule has 0 unspecified atom stereocenters. The molecule has 3 rings (SSSR count). The summed E-state index contributed by atoms with van der Waals surface area (Å²) in [5, 5.41) is 0. The van der Waals surface area contributed by atoms with Crippen LogP contribution < -0.4 is 11.2 Å². The van der Waals surface area contributed by atoms with E-state index in [-0.39, 0.29) is 11.2 Å². The predicted octanol–water partition coefficient (Wildman–Crippen LogP) is -0.156. The fourth-order valence-corrected chi connectivity index (χ4v) is 2.11. The molecule has 1 fully saturated rings. The summed E-state index contributed by atoms with van der Waals surface area (Å²) in [7, 11) is 3.14. The molecular formula is C11H14N4O2. The van der Waals surface area contributed by atoms with Crippen LogP contribution in [-0.2, 0) is 20.6 Å². The van der Waals surface area contributed by atoms with Crippen LogP contribution in [0.25, 0.3) is 11.2 Å². The van der Waals surface area contributed by atoms with Gasteiger partial charge in [0.15, 0.2) is 11.2 Å². The predicted molar refractivity (Wildman–Crippen MR) is 62.9 cm³/mol. The van der Waals surface area contributed by atoms with E-state index in [0.29, 0.717) is 17.1 Å². The van der Waals surface area contributed by atoms with E-state index in [4.69, 9.17) is 0 Å². The highest BCUT2D eigenvalue weighted by atomic mass is 16.2. The number of aromatic nitrogens is 4. The van der Waals surface area contributed by atoms with Gasteiger partial charge in [0.2, 0.25) is 0 Å². The number of hydrogen-bond donors (Lipinski definition) is 0. The normalized spacial score (nSPS) is 15.6. The molecule has 6 nitrogen and oxygen atoms in total. The minimum absolute atomic E-state index is 0.263. The van der Waals surface area contributed by atoms with Crippen molar-refractivity contribution >= 4 is 11.2 Å². The molecule has 90 valence electrons. The van der Waals surface area contributed by atoms with Gasteiger partial charge in [-0.25, -0.2) is 9.78 Å². The van der Waals surface area contributed by atoms with Crippen LogP contribution in [-0.4, -0.2) is 18.7 Å². The third kappa shape index (κ3) is 1.44. The Balaban J connectivity index is 2.34. The van der Waals surface area contributed by atoms with E-state index in [2.05, 4.69) is 4.98 Å². The highest BCUT2D eigenvalue weighted by molar-refractivity contribution is 5.69. The molecule has 0 bridgehead atoms. The SMILES string of the molecule is Cn1c(=O)c2c(ncn2CC2CC2)n(C)c1=O. The number of imidazole rings is 1. The first kappa shape index (κ1) is 10.3. The summed E-state index contributed by atoms with van der Waals surface area (Å²) < 4.78 is 4.42. The first-order valence-electron chi connectivity index (χ1n) is 5.70. The van der Waals surface area contributed by atoms with E-state index in [0.717, 1.165) is 11.1 Å². The smallest absolute Gasteiger partial charge is 0.324 e. The van der Waals surface area contributed by atoms with Crippen LogP contribution >= 0.6 is 0 Å². The van der Waals surface area contributed by atoms with Gasteiger partial charge in [0.25, 0.3) is 5.56 Å². The molecule has 0 N–H and O–H groups in total. The van der Waals surface area contributed by atoms with Crippen LogP contribution in [0.2, 0.25) is 0 Å². The standard InChI is InChI=1S/C11H14N4O2/c1-13-9-8(10(16)14(2)11(13)17)15(6-12-9)5-7-3-4-7/h6-7H,3-5H2,1-2H3. The minimum atomic E-state index is -0.334. The monoisotopic (exact) mass is 234 g/mol. The molecule has 0 atom stereocenters. The Hall–Kier alpha value is -1.85. The highest BCUT2D eigenvalue weighted by Crippen LogP contribution is 2.31. The van der Waals surface area contributed by atoms with E-state index in [9.17, 15) is 9.59 Å². The summed E-state index contributed by atoms with van der Waals surface area (Å²) in [6.07, 6.45) is 4.08. The average molecular weight is 234 g/mol. The van der Waals surface area contributed by atoms with Crippen molar-refractivity contribution in [3.05, 3.63) is 27.2 Å². The zero-order valence-electron chi connectivity index (χ0n) is 9.88. The van der Waals surface area contributed by atoms with Gasteiger partial charge in [0.05, 0.1) is 6.33 Å². The lowest BCUT2D eigenvalue weighted by molar-refractivity contribution is 0.634. The molecule has 0 radical (unpaired) electrons. The molecule has 1 saturated carbocycles. The molecular weight excluding hydrogens is 220 g/mol. The van der Waals surface area contributed by atoms with Crippen molar-refractivity contribution < 1.29 is 0 Å². The van der Waals surface area contributed by atoms with Gasteiger partial charge in [0, 0.05) is 20.6 Å². The molecule has 0 amide bonds. The lowest BCUT2D eigenvalue weighted by Crippen LogP contribution is -2.37. The topological polar surface area (TPSA) is 61.8 Å². The molecule has 0 aliphatic heterocycles. The molecule has 0 spiro atoms. The van der Waals surface area contributed by atoms with Crippen molar-refractivity contribution in [3.63, 3.8) is 0 Å². The van der Waals surface area contributed by atoms with Gasteiger partial charge in [-0.2, -0.15) is 0 Å². The van der Waals surface area contributed by atoms with Crippen LogP contribution in [0.5, 0.6) is 0 Å². The van der Waals surface area contributed by atoms with Gasteiger partial charge in [0.1, 0.15) is 0 Å². The van der Waals surface area contributed by atoms with E-state index >= 15 is 0 Å². The summed E-state index contributed by atoms with van der Waals surface area (Å²) >= 11 is 0. The minimum Gasteiger partial charge on any atom is -0.324 e. The fraction of sp³-hybridized carbons (Fsp3) is 0.545. The van der Waals surface area contributed by atoms with Crippen LogP contribution in [0.4, 0.5) is 0 Å². The average Bonchev–Trinajstić information content (AvgIpc) is 3.02. The summed E-state index contributed by atoms with van der Waals surface area (Å²) in [5.74, 6) is 0.661. The number of hydrogen-bond acceptors (Lipinski definition) is 3. The Morgan fingerprint density at radius 2 is 2.00 bits per heavy atom. The van der Waals surface area contributed by atoms with Crippen molar-refractivity contribution in [2.24, 2.45) is 20.0 Å². The first-order chi connectivity index (χ1) is 8.09. The maximum absolute atomic E-state index is 12.1. The summed E-state index contributed by atoms with van der Waals surface area (Å²) in [6, 6.07) is 0. The van der Waals surface area contributed by atoms with Crippen molar-refractivity contribution in [1.29, 1.82) is 0 Å². The summed E-state index contributed by atoms with van der Waals surface area (Å²) in [6.45, 7) is 0.823. The fourth-order valence-electron chi connectivity index (χ4n) is 2.11. The molecule has 2 heterocycles. The quantitative estimate of drug-likeness (QED) is 0.725. The van der Waals surface area contributed by atoms with Gasteiger partial charge < -0.3 is 4.57 Å². The van der Waals surface area contributed by atoms with Crippen LogP contribution in [0, 0.1) is 5.92 Å². The van der Waals surface area contributed by atoms with E-state index < -0.39 is 0 Å². The first-order valence-corrected chi connectivity index (χ1v) is 5.70. The Labute approximate surface area is 97.1 Å². The van der Waals surface area contributed by atoms with Gasteiger partial charge in [-0.15, -0.1) is 0 Å². The van der Waals surface area contributed by atoms with Gasteiger partial charge in [-0.05, 0) is 18.8 Å². The Morgan fingerprint density at radius 3 is 2.65 bits per heavy atom. The second-order valence-electron chi connectivity index (χ2n) is 4.72. The number of aryl methyl sites for hydroxylation is 1. The van der Waals surface area contributed by atoms with Crippen LogP contribution in [0.1, 0.15) is 12.8 Å². The molecule has 1 aliphatic rings. The largest absolute Gasteiger partial charge is 0.332 e. The van der Waals surface area contributed by atoms with Crippen molar-refractivity contribution in [2.75, 3.05) is 0 Å². The lowest BCUT2D eigenvalue weighted by Gasteiger charge is -2.05. The summed E-state index contributed by atoms with van der Waals surface area (Å²) in [4.78, 5) is 28.0. The van der Waals surface area contributed by atoms with Crippen molar-refractivity contribution in [3.8, 4) is 0 Å². The molecule has 2 aromatic rings. The third-order valence-electron chi connectivity index (χ3n) is 3.37. The third-order valence-corrected chi connectivity index (χ3v) is 3.37. The van der Waals surface area contributed by atoms with Gasteiger partial charge in [-0.1, -0.05) is 0 Å². The molecule has 6 heteroatoms. The maximum atomic E-state index is 12.1. The van der Waals surface area contributed by atoms with E-state index in [1.807, 2.05) is 4.57 Å². The molecule has 0 saturated heterocycles. The Bertz CT molecular complexity index is 703. The molecule has 2 aromatic heterocycles. The summed E-state index contributed by atoms with van der Waals surface area (Å²) in [5.41, 5.74) is 0.403. The van der Waals surface area contributed by atoms with E-state index in [1.54, 1.807) is 13.4 Å². The molecule has 1 aliphatic carbocycles. The zero-order valence-corrected chi connectivity index (χ0v) is 9.88. The highest BCUT2D eigenvalue weighted by Gasteiger charge is 2.24. The van der Waals surface area contributed by atoms with Crippen LogP contribution in [0.15, 0.2) is 15.9 Å². The van der Waals surface area contributed by atoms with Crippen molar-refractivity contribution in [1.82, 2.24) is 18.7 Å². The zero-order chi connectivity index (χ0) is 12.2.